The Labute approximate surface area is 110 Å². The van der Waals surface area contributed by atoms with Gasteiger partial charge in [-0.3, -0.25) is 0 Å². The lowest BCUT2D eigenvalue weighted by atomic mass is 10.2. The van der Waals surface area contributed by atoms with Crippen molar-refractivity contribution in [2.24, 2.45) is 0 Å². The molecule has 6 nitrogen and oxygen atoms in total. The largest absolute Gasteiger partial charge is 0.507 e. The van der Waals surface area contributed by atoms with E-state index in [1.807, 2.05) is 6.92 Å². The molecular formula is C13H14N2O4. The number of carboxylic acid groups (broad SMARTS) is 1. The van der Waals surface area contributed by atoms with Gasteiger partial charge in [0.1, 0.15) is 11.3 Å². The van der Waals surface area contributed by atoms with Crippen molar-refractivity contribution in [3.05, 3.63) is 23.8 Å². The van der Waals surface area contributed by atoms with Crippen LogP contribution in [0.25, 0.3) is 0 Å². The van der Waals surface area contributed by atoms with Crippen LogP contribution in [0.3, 0.4) is 0 Å². The highest BCUT2D eigenvalue weighted by atomic mass is 16.4. The van der Waals surface area contributed by atoms with E-state index in [-0.39, 0.29) is 17.3 Å². The Hall–Kier alpha value is -2.68. The third-order valence-electron chi connectivity index (χ3n) is 2.40. The van der Waals surface area contributed by atoms with Gasteiger partial charge in [0, 0.05) is 11.8 Å². The molecule has 4 N–H and O–H groups in total. The van der Waals surface area contributed by atoms with E-state index in [1.54, 1.807) is 0 Å². The number of benzene rings is 1. The Kier molecular flexibility index (Phi) is 4.77. The van der Waals surface area contributed by atoms with Crippen molar-refractivity contribution >= 4 is 17.7 Å². The van der Waals surface area contributed by atoms with E-state index in [0.29, 0.717) is 6.42 Å². The molecule has 0 aliphatic heterocycles. The molecule has 0 spiro atoms. The van der Waals surface area contributed by atoms with Gasteiger partial charge in [-0.2, -0.15) is 0 Å². The van der Waals surface area contributed by atoms with Crippen LogP contribution in [0.5, 0.6) is 5.75 Å². The lowest BCUT2D eigenvalue weighted by Gasteiger charge is -2.12. The summed E-state index contributed by atoms with van der Waals surface area (Å²) in [5.41, 5.74) is 0.0351. The molecule has 1 atom stereocenters. The molecule has 0 radical (unpaired) electrons. The zero-order valence-electron chi connectivity index (χ0n) is 10.3. The SMILES string of the molecule is C#CC(CC)NC(=O)Nc1ccc(C(=O)O)c(O)c1. The van der Waals surface area contributed by atoms with Crippen molar-refractivity contribution < 1.29 is 19.8 Å². The van der Waals surface area contributed by atoms with Crippen molar-refractivity contribution in [3.63, 3.8) is 0 Å². The van der Waals surface area contributed by atoms with Crippen molar-refractivity contribution in [3.8, 4) is 18.1 Å². The first-order valence-corrected chi connectivity index (χ1v) is 5.57. The molecule has 0 saturated heterocycles. The first-order chi connectivity index (χ1) is 8.97. The zero-order chi connectivity index (χ0) is 14.4. The number of phenols is 1. The average molecular weight is 262 g/mol. The second kappa shape index (κ2) is 6.31. The Morgan fingerprint density at radius 1 is 1.47 bits per heavy atom. The number of nitrogens with one attached hydrogen (secondary N) is 2. The third-order valence-corrected chi connectivity index (χ3v) is 2.40. The number of carboxylic acids is 1. The lowest BCUT2D eigenvalue weighted by molar-refractivity contribution is 0.0694. The van der Waals surface area contributed by atoms with Crippen molar-refractivity contribution in [1.82, 2.24) is 5.32 Å². The highest BCUT2D eigenvalue weighted by Gasteiger charge is 2.12. The van der Waals surface area contributed by atoms with Crippen LogP contribution < -0.4 is 10.6 Å². The number of aromatic carboxylic acids is 1. The Morgan fingerprint density at radius 2 is 2.16 bits per heavy atom. The van der Waals surface area contributed by atoms with Gasteiger partial charge in [0.05, 0.1) is 6.04 Å². The van der Waals surface area contributed by atoms with E-state index in [0.717, 1.165) is 6.07 Å². The van der Waals surface area contributed by atoms with Gasteiger partial charge in [0.25, 0.3) is 0 Å². The van der Waals surface area contributed by atoms with Crippen LogP contribution in [-0.4, -0.2) is 28.3 Å². The maximum Gasteiger partial charge on any atom is 0.339 e. The number of hydrogen-bond donors (Lipinski definition) is 4. The molecule has 19 heavy (non-hydrogen) atoms. The van der Waals surface area contributed by atoms with Crippen LogP contribution in [0.1, 0.15) is 23.7 Å². The van der Waals surface area contributed by atoms with Gasteiger partial charge in [-0.1, -0.05) is 12.8 Å². The van der Waals surface area contributed by atoms with Gasteiger partial charge < -0.3 is 20.8 Å². The van der Waals surface area contributed by atoms with E-state index >= 15 is 0 Å². The summed E-state index contributed by atoms with van der Waals surface area (Å²) in [5.74, 6) is 0.739. The summed E-state index contributed by atoms with van der Waals surface area (Å²) in [7, 11) is 0. The highest BCUT2D eigenvalue weighted by Crippen LogP contribution is 2.21. The monoisotopic (exact) mass is 262 g/mol. The molecule has 0 aliphatic carbocycles. The normalized spacial score (nSPS) is 11.2. The fourth-order valence-electron chi connectivity index (χ4n) is 1.38. The molecule has 1 aromatic carbocycles. The molecule has 1 rings (SSSR count). The first-order valence-electron chi connectivity index (χ1n) is 5.57. The predicted octanol–water partition coefficient (Wildman–Crippen LogP) is 1.62. The number of terminal acetylenes is 1. The molecule has 0 fully saturated rings. The Morgan fingerprint density at radius 3 is 2.63 bits per heavy atom. The van der Waals surface area contributed by atoms with E-state index in [2.05, 4.69) is 16.6 Å². The van der Waals surface area contributed by atoms with E-state index in [9.17, 15) is 14.7 Å². The van der Waals surface area contributed by atoms with Crippen molar-refractivity contribution in [1.29, 1.82) is 0 Å². The van der Waals surface area contributed by atoms with Gasteiger partial charge in [0.15, 0.2) is 0 Å². The molecule has 100 valence electrons. The molecule has 0 bridgehead atoms. The fourth-order valence-corrected chi connectivity index (χ4v) is 1.38. The summed E-state index contributed by atoms with van der Waals surface area (Å²) in [5, 5.41) is 23.2. The number of hydrogen-bond acceptors (Lipinski definition) is 3. The number of aromatic hydroxyl groups is 1. The fraction of sp³-hybridized carbons (Fsp3) is 0.231. The highest BCUT2D eigenvalue weighted by molar-refractivity contribution is 5.94. The van der Waals surface area contributed by atoms with Crippen LogP contribution >= 0.6 is 0 Å². The third kappa shape index (κ3) is 3.92. The summed E-state index contributed by atoms with van der Waals surface area (Å²) in [4.78, 5) is 22.3. The summed E-state index contributed by atoms with van der Waals surface area (Å²) in [6.07, 6.45) is 5.79. The molecule has 6 heteroatoms. The maximum absolute atomic E-state index is 11.6. The topological polar surface area (TPSA) is 98.7 Å². The second-order valence-electron chi connectivity index (χ2n) is 3.76. The first kappa shape index (κ1) is 14.4. The Bertz CT molecular complexity index is 534. The van der Waals surface area contributed by atoms with Gasteiger partial charge in [-0.05, 0) is 18.6 Å². The zero-order valence-corrected chi connectivity index (χ0v) is 10.3. The number of anilines is 1. The van der Waals surface area contributed by atoms with E-state index in [1.165, 1.54) is 12.1 Å². The summed E-state index contributed by atoms with van der Waals surface area (Å²) < 4.78 is 0. The predicted molar refractivity (Wildman–Crippen MR) is 70.1 cm³/mol. The lowest BCUT2D eigenvalue weighted by Crippen LogP contribution is -2.36. The van der Waals surface area contributed by atoms with Crippen LogP contribution in [0.4, 0.5) is 10.5 Å². The number of amides is 2. The van der Waals surface area contributed by atoms with Gasteiger partial charge in [-0.25, -0.2) is 9.59 Å². The minimum Gasteiger partial charge on any atom is -0.507 e. The second-order valence-corrected chi connectivity index (χ2v) is 3.76. The minimum atomic E-state index is -1.24. The Balaban J connectivity index is 2.73. The molecular weight excluding hydrogens is 248 g/mol. The molecule has 1 unspecified atom stereocenters. The van der Waals surface area contributed by atoms with Crippen molar-refractivity contribution in [2.45, 2.75) is 19.4 Å². The summed E-state index contributed by atoms with van der Waals surface area (Å²) in [6.45, 7) is 1.83. The van der Waals surface area contributed by atoms with Crippen LogP contribution in [0, 0.1) is 12.3 Å². The quantitative estimate of drug-likeness (QED) is 0.620. The smallest absolute Gasteiger partial charge is 0.339 e. The van der Waals surface area contributed by atoms with Gasteiger partial charge in [-0.15, -0.1) is 6.42 Å². The van der Waals surface area contributed by atoms with Gasteiger partial charge in [0.2, 0.25) is 0 Å². The van der Waals surface area contributed by atoms with Crippen LogP contribution in [0.2, 0.25) is 0 Å². The van der Waals surface area contributed by atoms with Crippen LogP contribution in [-0.2, 0) is 0 Å². The number of carbonyl (C=O) groups is 2. The van der Waals surface area contributed by atoms with Gasteiger partial charge >= 0.3 is 12.0 Å². The summed E-state index contributed by atoms with van der Waals surface area (Å²) in [6, 6.07) is 2.82. The van der Waals surface area contributed by atoms with E-state index in [4.69, 9.17) is 11.5 Å². The molecule has 1 aromatic rings. The molecule has 0 aromatic heterocycles. The van der Waals surface area contributed by atoms with Crippen molar-refractivity contribution in [2.75, 3.05) is 5.32 Å². The standard InChI is InChI=1S/C13H14N2O4/c1-3-8(4-2)14-13(19)15-9-5-6-10(12(17)18)11(16)7-9/h1,5-8,16H,4H2,2H3,(H,17,18)(H2,14,15,19). The minimum absolute atomic E-state index is 0.235. The molecule has 2 amide bonds. The maximum atomic E-state index is 11.6. The average Bonchev–Trinajstić information content (AvgIpc) is 2.35. The molecule has 0 aliphatic rings. The molecule has 0 heterocycles. The van der Waals surface area contributed by atoms with E-state index < -0.39 is 17.7 Å². The number of rotatable bonds is 4. The number of urea groups is 1. The van der Waals surface area contributed by atoms with Crippen LogP contribution in [0.15, 0.2) is 18.2 Å². The molecule has 0 saturated carbocycles. The summed E-state index contributed by atoms with van der Waals surface area (Å²) >= 11 is 0. The number of carbonyl (C=O) groups excluding carboxylic acids is 1.